The Kier molecular flexibility index (Phi) is 4.48. The fourth-order valence-corrected chi connectivity index (χ4v) is 1.73. The summed E-state index contributed by atoms with van der Waals surface area (Å²) in [6.07, 6.45) is 0. The second-order valence-corrected chi connectivity index (χ2v) is 4.03. The van der Waals surface area contributed by atoms with Crippen molar-refractivity contribution in [2.45, 2.75) is 26.8 Å². The van der Waals surface area contributed by atoms with Gasteiger partial charge in [0.2, 0.25) is 0 Å². The van der Waals surface area contributed by atoms with Gasteiger partial charge in [-0.25, -0.2) is 0 Å². The molecule has 1 aromatic carbocycles. The van der Waals surface area contributed by atoms with E-state index in [0.29, 0.717) is 6.54 Å². The lowest BCUT2D eigenvalue weighted by Crippen LogP contribution is -2.24. The second kappa shape index (κ2) is 5.64. The molecule has 86 valence electrons. The molecule has 0 amide bonds. The monoisotopic (exact) mass is 218 g/mol. The van der Waals surface area contributed by atoms with Gasteiger partial charge in [0.15, 0.2) is 0 Å². The molecule has 1 aromatic rings. The third-order valence-electron chi connectivity index (χ3n) is 2.78. The van der Waals surface area contributed by atoms with Crippen LogP contribution in [0.5, 0.6) is 0 Å². The number of nitrogens with zero attached hydrogens (tertiary/aromatic N) is 1. The summed E-state index contributed by atoms with van der Waals surface area (Å²) < 4.78 is 0. The van der Waals surface area contributed by atoms with E-state index in [1.807, 2.05) is 19.9 Å². The van der Waals surface area contributed by atoms with E-state index in [1.165, 1.54) is 11.1 Å². The maximum Gasteiger partial charge on any atom is 0.121 e. The Labute approximate surface area is 96.7 Å². The number of aliphatic hydroxyl groups is 1. The van der Waals surface area contributed by atoms with Gasteiger partial charge in [0.25, 0.3) is 0 Å². The molecule has 0 bridgehead atoms. The summed E-state index contributed by atoms with van der Waals surface area (Å²) >= 11 is 0. The summed E-state index contributed by atoms with van der Waals surface area (Å²) in [6, 6.07) is 6.01. The standard InChI is InChI=1S/C13H18N2O/c1-9-6-11(3)12(7-10(9)2)13(8-14)15-4-5-16/h6-7,13,15-16H,4-5H2,1-3H3. The Morgan fingerprint density at radius 3 is 2.44 bits per heavy atom. The van der Waals surface area contributed by atoms with Crippen molar-refractivity contribution in [1.29, 1.82) is 5.26 Å². The SMILES string of the molecule is Cc1cc(C)c(C(C#N)NCCO)cc1C. The van der Waals surface area contributed by atoms with Crippen molar-refractivity contribution >= 4 is 0 Å². The lowest BCUT2D eigenvalue weighted by atomic mass is 9.96. The lowest BCUT2D eigenvalue weighted by molar-refractivity contribution is 0.289. The first-order valence-corrected chi connectivity index (χ1v) is 5.41. The number of benzene rings is 1. The molecule has 2 N–H and O–H groups in total. The highest BCUT2D eigenvalue weighted by atomic mass is 16.3. The largest absolute Gasteiger partial charge is 0.395 e. The minimum absolute atomic E-state index is 0.0437. The molecule has 1 unspecified atom stereocenters. The van der Waals surface area contributed by atoms with Gasteiger partial charge in [-0.15, -0.1) is 0 Å². The first kappa shape index (κ1) is 12.7. The van der Waals surface area contributed by atoms with E-state index in [-0.39, 0.29) is 12.6 Å². The van der Waals surface area contributed by atoms with Gasteiger partial charge >= 0.3 is 0 Å². The van der Waals surface area contributed by atoms with Gasteiger partial charge in [0.1, 0.15) is 6.04 Å². The minimum atomic E-state index is -0.341. The van der Waals surface area contributed by atoms with Crippen LogP contribution in [0.4, 0.5) is 0 Å². The molecule has 0 radical (unpaired) electrons. The van der Waals surface area contributed by atoms with Crippen molar-refractivity contribution in [2.75, 3.05) is 13.2 Å². The van der Waals surface area contributed by atoms with Crippen LogP contribution in [-0.2, 0) is 0 Å². The molecule has 1 rings (SSSR count). The first-order chi connectivity index (χ1) is 7.60. The summed E-state index contributed by atoms with van der Waals surface area (Å²) in [7, 11) is 0. The number of aryl methyl sites for hydroxylation is 3. The van der Waals surface area contributed by atoms with Gasteiger partial charge in [-0.3, -0.25) is 5.32 Å². The van der Waals surface area contributed by atoms with Crippen molar-refractivity contribution in [3.05, 3.63) is 34.4 Å². The van der Waals surface area contributed by atoms with Crippen LogP contribution in [0.15, 0.2) is 12.1 Å². The third kappa shape index (κ3) is 2.82. The van der Waals surface area contributed by atoms with Crippen LogP contribution in [0.3, 0.4) is 0 Å². The number of nitrogens with one attached hydrogen (secondary N) is 1. The predicted molar refractivity (Wildman–Crippen MR) is 64.1 cm³/mol. The number of nitriles is 1. The predicted octanol–water partition coefficient (Wildman–Crippen LogP) is 1.76. The van der Waals surface area contributed by atoms with Crippen molar-refractivity contribution in [2.24, 2.45) is 0 Å². The molecule has 0 saturated heterocycles. The number of rotatable bonds is 4. The first-order valence-electron chi connectivity index (χ1n) is 5.41. The minimum Gasteiger partial charge on any atom is -0.395 e. The van der Waals surface area contributed by atoms with E-state index >= 15 is 0 Å². The van der Waals surface area contributed by atoms with Gasteiger partial charge < -0.3 is 5.11 Å². The Hall–Kier alpha value is -1.37. The Balaban J connectivity index is 3.01. The highest BCUT2D eigenvalue weighted by Gasteiger charge is 2.12. The summed E-state index contributed by atoms with van der Waals surface area (Å²) in [5.74, 6) is 0. The van der Waals surface area contributed by atoms with Gasteiger partial charge in [-0.1, -0.05) is 12.1 Å². The zero-order valence-electron chi connectivity index (χ0n) is 10.0. The summed E-state index contributed by atoms with van der Waals surface area (Å²) in [4.78, 5) is 0. The van der Waals surface area contributed by atoms with Crippen molar-refractivity contribution in [1.82, 2.24) is 5.32 Å². The van der Waals surface area contributed by atoms with E-state index in [1.54, 1.807) is 0 Å². The number of aliphatic hydroxyl groups excluding tert-OH is 1. The molecule has 0 saturated carbocycles. The van der Waals surface area contributed by atoms with Crippen molar-refractivity contribution < 1.29 is 5.11 Å². The Morgan fingerprint density at radius 2 is 1.88 bits per heavy atom. The van der Waals surface area contributed by atoms with Crippen molar-refractivity contribution in [3.63, 3.8) is 0 Å². The molecule has 3 nitrogen and oxygen atoms in total. The van der Waals surface area contributed by atoms with E-state index in [0.717, 1.165) is 11.1 Å². The number of hydrogen-bond donors (Lipinski definition) is 2. The molecule has 0 aliphatic heterocycles. The zero-order chi connectivity index (χ0) is 12.1. The maximum absolute atomic E-state index is 9.10. The molecule has 0 fully saturated rings. The fourth-order valence-electron chi connectivity index (χ4n) is 1.73. The van der Waals surface area contributed by atoms with Gasteiger partial charge in [0.05, 0.1) is 12.7 Å². The average Bonchev–Trinajstić information content (AvgIpc) is 2.26. The van der Waals surface area contributed by atoms with Gasteiger partial charge in [-0.2, -0.15) is 5.26 Å². The smallest absolute Gasteiger partial charge is 0.121 e. The maximum atomic E-state index is 9.10. The summed E-state index contributed by atoms with van der Waals surface area (Å²) in [5.41, 5.74) is 4.53. The van der Waals surface area contributed by atoms with Gasteiger partial charge in [-0.05, 0) is 43.0 Å². The zero-order valence-corrected chi connectivity index (χ0v) is 10.0. The summed E-state index contributed by atoms with van der Waals surface area (Å²) in [6.45, 7) is 6.59. The van der Waals surface area contributed by atoms with E-state index in [2.05, 4.69) is 24.4 Å². The van der Waals surface area contributed by atoms with Crippen LogP contribution in [-0.4, -0.2) is 18.3 Å². The van der Waals surface area contributed by atoms with Gasteiger partial charge in [0, 0.05) is 6.54 Å². The highest BCUT2D eigenvalue weighted by molar-refractivity contribution is 5.40. The van der Waals surface area contributed by atoms with E-state index < -0.39 is 0 Å². The van der Waals surface area contributed by atoms with Crippen LogP contribution in [0.1, 0.15) is 28.3 Å². The highest BCUT2D eigenvalue weighted by Crippen LogP contribution is 2.21. The molecular formula is C13H18N2O. The molecule has 0 aromatic heterocycles. The Morgan fingerprint density at radius 1 is 1.25 bits per heavy atom. The average molecular weight is 218 g/mol. The normalized spacial score (nSPS) is 12.2. The second-order valence-electron chi connectivity index (χ2n) is 4.03. The molecule has 0 spiro atoms. The van der Waals surface area contributed by atoms with Crippen LogP contribution in [0, 0.1) is 32.1 Å². The molecule has 0 heterocycles. The molecule has 16 heavy (non-hydrogen) atoms. The van der Waals surface area contributed by atoms with Crippen LogP contribution < -0.4 is 5.32 Å². The molecule has 0 aliphatic rings. The molecule has 1 atom stereocenters. The lowest BCUT2D eigenvalue weighted by Gasteiger charge is -2.15. The van der Waals surface area contributed by atoms with E-state index in [4.69, 9.17) is 10.4 Å². The van der Waals surface area contributed by atoms with E-state index in [9.17, 15) is 0 Å². The van der Waals surface area contributed by atoms with Crippen LogP contribution in [0.2, 0.25) is 0 Å². The van der Waals surface area contributed by atoms with Crippen LogP contribution in [0.25, 0.3) is 0 Å². The quantitative estimate of drug-likeness (QED) is 0.809. The molecular weight excluding hydrogens is 200 g/mol. The third-order valence-corrected chi connectivity index (χ3v) is 2.78. The van der Waals surface area contributed by atoms with Crippen LogP contribution >= 0.6 is 0 Å². The fraction of sp³-hybridized carbons (Fsp3) is 0.462. The number of hydrogen-bond acceptors (Lipinski definition) is 3. The Bertz CT molecular complexity index is 407. The summed E-state index contributed by atoms with van der Waals surface area (Å²) in [5, 5.41) is 20.9. The van der Waals surface area contributed by atoms with Crippen molar-refractivity contribution in [3.8, 4) is 6.07 Å². The topological polar surface area (TPSA) is 56.0 Å². The molecule has 3 heteroatoms. The molecule has 0 aliphatic carbocycles.